The number of nitrogens with one attached hydrogen (secondary N) is 4. The normalized spacial score (nSPS) is 22.9. The van der Waals surface area contributed by atoms with Gasteiger partial charge in [0.15, 0.2) is 41.1 Å². The SMILES string of the molecule is C.C.C.C.C=C(C)C[C@@H]1C[C@@H](CC)O[C@H]1n1c(=O)sc2c(=O)[nH]c(N)nc21.C=C(C)C[C@@H]1C[C@@H](CO)O[C@H]1n1c(=O)sc2c(=O)[nH]c(N)nc21.CC[C@@H]1C[C@@H](O)[C@H](n2c(=O)sc3c(=O)[nH]c(N)nc32)O1.CC[C@@H]1C[C@@H](OC(=O)Oc2ccccc2)[C@H](n2c(=O)sc3c(=O)[nH]c(N)nc32)O1. The lowest BCUT2D eigenvalue weighted by Crippen LogP contribution is -2.31. The van der Waals surface area contributed by atoms with E-state index in [1.807, 2.05) is 27.7 Å². The van der Waals surface area contributed by atoms with Crippen LogP contribution in [0.15, 0.2) is 93.0 Å². The topological polar surface area (TPSA) is 488 Å². The monoisotopic (exact) mass is 1450 g/mol. The largest absolute Gasteiger partial charge is 0.514 e. The fraction of sp³-hybridized carbons (Fsp3) is 0.500. The molecule has 4 saturated heterocycles. The second-order valence-electron chi connectivity index (χ2n) is 23.0. The third-order valence-corrected chi connectivity index (χ3v) is 19.7. The highest BCUT2D eigenvalue weighted by Gasteiger charge is 2.43. The van der Waals surface area contributed by atoms with Gasteiger partial charge in [-0.15, -0.1) is 13.2 Å². The minimum Gasteiger partial charge on any atom is -0.426 e. The molecule has 9 aromatic rings. The maximum absolute atomic E-state index is 12.6. The summed E-state index contributed by atoms with van der Waals surface area (Å²) < 4.78 is 40.2. The fourth-order valence-electron chi connectivity index (χ4n) is 11.8. The first-order valence-corrected chi connectivity index (χ1v) is 33.3. The molecule has 12 atom stereocenters. The molecule has 14 N–H and O–H groups in total. The van der Waals surface area contributed by atoms with Crippen molar-refractivity contribution >= 4 is 117 Å². The van der Waals surface area contributed by atoms with Gasteiger partial charge in [0.25, 0.3) is 22.2 Å². The van der Waals surface area contributed by atoms with Crippen LogP contribution in [-0.4, -0.2) is 118 Å². The Balaban J connectivity index is 0.000000207. The van der Waals surface area contributed by atoms with Gasteiger partial charge in [0.2, 0.25) is 23.8 Å². The van der Waals surface area contributed by atoms with E-state index in [2.05, 4.69) is 60.0 Å². The van der Waals surface area contributed by atoms with Crippen molar-refractivity contribution in [2.45, 2.75) is 184 Å². The summed E-state index contributed by atoms with van der Waals surface area (Å²) in [5, 5.41) is 19.4. The van der Waals surface area contributed by atoms with Crippen molar-refractivity contribution < 1.29 is 43.4 Å². The van der Waals surface area contributed by atoms with Crippen LogP contribution in [0.3, 0.4) is 0 Å². The molecule has 0 spiro atoms. The summed E-state index contributed by atoms with van der Waals surface area (Å²) in [4.78, 5) is 134. The quantitative estimate of drug-likeness (QED) is 0.0299. The number of allylic oxidation sites excluding steroid dienone is 2. The lowest BCUT2D eigenvalue weighted by atomic mass is 9.95. The van der Waals surface area contributed by atoms with E-state index in [1.165, 1.54) is 18.3 Å². The number of thiazole rings is 4. The van der Waals surface area contributed by atoms with Crippen molar-refractivity contribution in [2.24, 2.45) is 11.8 Å². The molecule has 37 heteroatoms. The number of benzene rings is 1. The maximum atomic E-state index is 12.6. The number of ether oxygens (including phenoxy) is 6. The summed E-state index contributed by atoms with van der Waals surface area (Å²) >= 11 is 3.18. The zero-order chi connectivity index (χ0) is 68.4. The van der Waals surface area contributed by atoms with E-state index in [0.29, 0.717) is 43.5 Å². The average Bonchev–Trinajstić information content (AvgIpc) is 1.64. The molecule has 4 fully saturated rings. The smallest absolute Gasteiger partial charge is 0.426 e. The lowest BCUT2D eigenvalue weighted by Gasteiger charge is -2.19. The third kappa shape index (κ3) is 17.1. The molecular weight excluding hydrogens is 1370 g/mol. The fourth-order valence-corrected chi connectivity index (χ4v) is 15.1. The minimum atomic E-state index is -0.946. The number of aliphatic hydroxyl groups excluding tert-OH is 2. The van der Waals surface area contributed by atoms with Crippen molar-refractivity contribution in [2.75, 3.05) is 29.5 Å². The number of rotatable bonds is 14. The summed E-state index contributed by atoms with van der Waals surface area (Å²) in [6.07, 6.45) is 0.0168. The van der Waals surface area contributed by atoms with Crippen LogP contribution in [-0.2, 0) is 23.7 Å². The Labute approximate surface area is 580 Å². The number of nitrogen functional groups attached to an aromatic ring is 4. The van der Waals surface area contributed by atoms with E-state index in [0.717, 1.165) is 82.2 Å². The number of aliphatic hydroxyl groups is 2. The van der Waals surface area contributed by atoms with E-state index >= 15 is 0 Å². The molecule has 4 aliphatic heterocycles. The highest BCUT2D eigenvalue weighted by Crippen LogP contribution is 2.42. The van der Waals surface area contributed by atoms with Crippen LogP contribution in [0.1, 0.15) is 147 Å². The van der Waals surface area contributed by atoms with E-state index in [9.17, 15) is 53.4 Å². The summed E-state index contributed by atoms with van der Waals surface area (Å²) in [6, 6.07) is 8.48. The number of fused-ring (bicyclic) bond motifs is 4. The van der Waals surface area contributed by atoms with Crippen molar-refractivity contribution in [1.82, 2.24) is 58.1 Å². The van der Waals surface area contributed by atoms with Gasteiger partial charge >= 0.3 is 25.6 Å². The van der Waals surface area contributed by atoms with E-state index in [4.69, 9.17) is 51.4 Å². The number of nitrogens with zero attached hydrogens (tertiary/aromatic N) is 8. The van der Waals surface area contributed by atoms with E-state index in [-0.39, 0.29) is 142 Å². The molecule has 33 nitrogen and oxygen atoms in total. The molecule has 0 radical (unpaired) electrons. The molecule has 4 aliphatic rings. The zero-order valence-corrected chi connectivity index (χ0v) is 55.1. The lowest BCUT2D eigenvalue weighted by molar-refractivity contribution is -0.0479. The number of hydrogen-bond acceptors (Lipinski definition) is 29. The van der Waals surface area contributed by atoms with Crippen LogP contribution in [0.2, 0.25) is 0 Å². The Morgan fingerprint density at radius 1 is 0.525 bits per heavy atom. The molecule has 0 bridgehead atoms. The van der Waals surface area contributed by atoms with Crippen LogP contribution >= 0.6 is 45.3 Å². The molecular formula is C62H86N16O17S4. The highest BCUT2D eigenvalue weighted by molar-refractivity contribution is 7.17. The number of para-hydroxylation sites is 1. The number of hydrogen-bond donors (Lipinski definition) is 10. The number of carbonyl (C=O) groups excluding carboxylic acids is 1. The third-order valence-electron chi connectivity index (χ3n) is 15.9. The Morgan fingerprint density at radius 3 is 1.21 bits per heavy atom. The van der Waals surface area contributed by atoms with Crippen LogP contribution in [0.5, 0.6) is 5.75 Å². The van der Waals surface area contributed by atoms with Gasteiger partial charge in [-0.2, -0.15) is 19.9 Å². The first-order valence-electron chi connectivity index (χ1n) is 30.0. The van der Waals surface area contributed by atoms with Crippen LogP contribution in [0, 0.1) is 11.8 Å². The van der Waals surface area contributed by atoms with Gasteiger partial charge in [-0.05, 0) is 70.9 Å². The number of aromatic amines is 4. The van der Waals surface area contributed by atoms with Crippen molar-refractivity contribution in [3.63, 3.8) is 0 Å². The summed E-state index contributed by atoms with van der Waals surface area (Å²) in [5.41, 5.74) is 23.3. The summed E-state index contributed by atoms with van der Waals surface area (Å²) in [7, 11) is 0. The van der Waals surface area contributed by atoms with Crippen LogP contribution < -0.4 is 69.4 Å². The van der Waals surface area contributed by atoms with Gasteiger partial charge < -0.3 is 61.6 Å². The number of H-pyrrole nitrogens is 4. The molecule has 13 rings (SSSR count). The van der Waals surface area contributed by atoms with E-state index < -0.39 is 75.3 Å². The number of anilines is 4. The first-order chi connectivity index (χ1) is 45.3. The van der Waals surface area contributed by atoms with Gasteiger partial charge in [-0.1, -0.05) is 125 Å². The van der Waals surface area contributed by atoms with Crippen LogP contribution in [0.4, 0.5) is 28.6 Å². The maximum Gasteiger partial charge on any atom is 0.514 e. The van der Waals surface area contributed by atoms with E-state index in [1.54, 1.807) is 30.3 Å². The highest BCUT2D eigenvalue weighted by atomic mass is 32.1. The molecule has 540 valence electrons. The van der Waals surface area contributed by atoms with Crippen molar-refractivity contribution in [1.29, 1.82) is 0 Å². The predicted molar refractivity (Wildman–Crippen MR) is 384 cm³/mol. The average molecular weight is 1460 g/mol. The second kappa shape index (κ2) is 33.4. The van der Waals surface area contributed by atoms with Crippen molar-refractivity contribution in [3.05, 3.63) is 135 Å². The molecule has 0 aliphatic carbocycles. The Bertz CT molecular complexity index is 4710. The Morgan fingerprint density at radius 2 is 0.848 bits per heavy atom. The number of nitrogens with two attached hydrogens (primary N) is 4. The molecule has 12 heterocycles. The molecule has 8 aromatic heterocycles. The second-order valence-corrected chi connectivity index (χ2v) is 26.9. The molecule has 99 heavy (non-hydrogen) atoms. The molecule has 0 amide bonds. The molecule has 0 saturated carbocycles. The minimum absolute atomic E-state index is 0. The number of carbonyl (C=O) groups is 1. The number of aromatic nitrogens is 12. The zero-order valence-electron chi connectivity index (χ0n) is 51.8. The van der Waals surface area contributed by atoms with Gasteiger partial charge in [0, 0.05) is 24.7 Å². The Hall–Kier alpha value is -8.79. The van der Waals surface area contributed by atoms with Gasteiger partial charge in [0.1, 0.15) is 43.1 Å². The predicted octanol–water partition coefficient (Wildman–Crippen LogP) is 6.94. The summed E-state index contributed by atoms with van der Waals surface area (Å²) in [5.74, 6) is 0.184. The standard InChI is InChI=1S/C18H18N4O6S.C15H20N4O3S.C14H18N4O4S.C11H14N4O4S.4CH4/c1-2-9-8-11(28-18(25)27-10-6-4-3-5-7-10)15(26-9)22-13-12(29-17(22)24)14(23)21-16(19)20-13;1-4-9-6-8(5-7(2)3)13(22-9)19-11-10(23-15(19)21)12(20)18-14(16)17-11;1-6(2)3-7-4-8(5-19)22-12(7)18-10-9(23-14(18)21)11(20)17-13(15)16-10;1-2-4-3-5(16)9(19-4)15-7-6(20-11(15)18)8(17)14-10(12)13-7;;;;/h3-7,9,11,15H,2,8H2,1H3,(H3,19,20,21,23);8-9,13H,2,4-6H2,1,3H3,(H3,16,17,18,20);7-8,12,19H,1,3-5H2,2H3,(H3,15,16,17,20);4-5,9,16H,2-3H2,1H3,(H3,12,13,14,17);4*1H4/t9-,11-,15-;8-,9-,13-;7-,8+,12-;4-,5-,9-;;;;/m1111..../s1. The Kier molecular flexibility index (Phi) is 26.7. The first kappa shape index (κ1) is 79.2. The van der Waals surface area contributed by atoms with Gasteiger partial charge in [-0.3, -0.25) is 76.6 Å². The van der Waals surface area contributed by atoms with Gasteiger partial charge in [-0.25, -0.2) is 4.79 Å². The van der Waals surface area contributed by atoms with Gasteiger partial charge in [0.05, 0.1) is 31.0 Å². The molecule has 0 unspecified atom stereocenters. The van der Waals surface area contributed by atoms with Crippen LogP contribution in [0.25, 0.3) is 41.4 Å². The summed E-state index contributed by atoms with van der Waals surface area (Å²) in [6.45, 7) is 17.5. The van der Waals surface area contributed by atoms with Crippen molar-refractivity contribution in [3.8, 4) is 5.75 Å². The molecule has 1 aromatic carbocycles.